The minimum absolute atomic E-state index is 0.261. The molecule has 0 unspecified atom stereocenters. The molecular weight excluding hydrogens is 408 g/mol. The van der Waals surface area contributed by atoms with Crippen molar-refractivity contribution in [1.82, 2.24) is 0 Å². The van der Waals surface area contributed by atoms with Crippen molar-refractivity contribution < 1.29 is 9.59 Å². The van der Waals surface area contributed by atoms with E-state index in [0.717, 1.165) is 23.2 Å². The Hall–Kier alpha value is -3.37. The first-order valence-corrected chi connectivity index (χ1v) is 10.6. The van der Waals surface area contributed by atoms with E-state index in [0.29, 0.717) is 21.8 Å². The lowest BCUT2D eigenvalue weighted by atomic mass is 10.0. The van der Waals surface area contributed by atoms with E-state index in [4.69, 9.17) is 11.6 Å². The highest BCUT2D eigenvalue weighted by atomic mass is 35.5. The number of carbonyl (C=O) groups is 2. The summed E-state index contributed by atoms with van der Waals surface area (Å²) < 4.78 is 0. The SMILES string of the molecule is CCc1ccc(NC2=C(c3ccc(Cl)cc3)C(=O)N(c3ccc(C)cc3C)C2=O)cc1. The van der Waals surface area contributed by atoms with Crippen molar-refractivity contribution in [2.24, 2.45) is 0 Å². The smallest absolute Gasteiger partial charge is 0.282 e. The fourth-order valence-corrected chi connectivity index (χ4v) is 3.90. The number of rotatable bonds is 5. The molecule has 1 N–H and O–H groups in total. The predicted octanol–water partition coefficient (Wildman–Crippen LogP) is 5.92. The van der Waals surface area contributed by atoms with Gasteiger partial charge in [-0.05, 0) is 67.3 Å². The van der Waals surface area contributed by atoms with Crippen molar-refractivity contribution in [2.75, 3.05) is 10.2 Å². The number of nitrogens with zero attached hydrogens (tertiary/aromatic N) is 1. The van der Waals surface area contributed by atoms with E-state index in [2.05, 4.69) is 12.2 Å². The van der Waals surface area contributed by atoms with Crippen molar-refractivity contribution >= 4 is 40.4 Å². The van der Waals surface area contributed by atoms with Crippen LogP contribution < -0.4 is 10.2 Å². The maximum absolute atomic E-state index is 13.5. The monoisotopic (exact) mass is 430 g/mol. The Balaban J connectivity index is 1.81. The Morgan fingerprint density at radius 3 is 2.16 bits per heavy atom. The summed E-state index contributed by atoms with van der Waals surface area (Å²) in [5.41, 5.74) is 5.71. The molecule has 0 aromatic heterocycles. The Kier molecular flexibility index (Phi) is 5.66. The van der Waals surface area contributed by atoms with Crippen LogP contribution in [0.2, 0.25) is 5.02 Å². The van der Waals surface area contributed by atoms with Crippen molar-refractivity contribution in [3.63, 3.8) is 0 Å². The van der Waals surface area contributed by atoms with Gasteiger partial charge in [0.25, 0.3) is 11.8 Å². The second-order valence-electron chi connectivity index (χ2n) is 7.67. The fourth-order valence-electron chi connectivity index (χ4n) is 3.77. The van der Waals surface area contributed by atoms with Crippen LogP contribution in [0.5, 0.6) is 0 Å². The van der Waals surface area contributed by atoms with Crippen LogP contribution in [0.4, 0.5) is 11.4 Å². The lowest BCUT2D eigenvalue weighted by Crippen LogP contribution is -2.33. The van der Waals surface area contributed by atoms with Crippen LogP contribution in [0.1, 0.15) is 29.2 Å². The third-order valence-corrected chi connectivity index (χ3v) is 5.69. The number of benzene rings is 3. The molecule has 1 aliphatic rings. The van der Waals surface area contributed by atoms with Gasteiger partial charge < -0.3 is 5.32 Å². The van der Waals surface area contributed by atoms with E-state index < -0.39 is 0 Å². The summed E-state index contributed by atoms with van der Waals surface area (Å²) in [6.45, 7) is 5.97. The van der Waals surface area contributed by atoms with E-state index in [1.807, 2.05) is 56.3 Å². The van der Waals surface area contributed by atoms with E-state index >= 15 is 0 Å². The van der Waals surface area contributed by atoms with Crippen LogP contribution >= 0.6 is 11.6 Å². The van der Waals surface area contributed by atoms with Crippen molar-refractivity contribution in [3.05, 3.63) is 99.7 Å². The molecule has 2 amide bonds. The largest absolute Gasteiger partial charge is 0.350 e. The Morgan fingerprint density at radius 1 is 0.871 bits per heavy atom. The Labute approximate surface area is 187 Å². The summed E-state index contributed by atoms with van der Waals surface area (Å²) >= 11 is 6.04. The molecule has 0 fully saturated rings. The van der Waals surface area contributed by atoms with Crippen LogP contribution in [-0.4, -0.2) is 11.8 Å². The summed E-state index contributed by atoms with van der Waals surface area (Å²) in [6.07, 6.45) is 0.927. The number of hydrogen-bond acceptors (Lipinski definition) is 3. The van der Waals surface area contributed by atoms with E-state index in [1.54, 1.807) is 24.3 Å². The first kappa shape index (κ1) is 20.9. The van der Waals surface area contributed by atoms with Gasteiger partial charge in [-0.15, -0.1) is 0 Å². The zero-order valence-corrected chi connectivity index (χ0v) is 18.5. The van der Waals surface area contributed by atoms with Crippen molar-refractivity contribution in [1.29, 1.82) is 0 Å². The number of halogens is 1. The molecule has 156 valence electrons. The van der Waals surface area contributed by atoms with Crippen molar-refractivity contribution in [2.45, 2.75) is 27.2 Å². The second-order valence-corrected chi connectivity index (χ2v) is 8.10. The van der Waals surface area contributed by atoms with Crippen LogP contribution in [0, 0.1) is 13.8 Å². The summed E-state index contributed by atoms with van der Waals surface area (Å²) in [6, 6.07) is 20.5. The van der Waals surface area contributed by atoms with E-state index in [9.17, 15) is 9.59 Å². The van der Waals surface area contributed by atoms with E-state index in [-0.39, 0.29) is 17.5 Å². The van der Waals surface area contributed by atoms with Gasteiger partial charge in [-0.25, -0.2) is 4.90 Å². The zero-order chi connectivity index (χ0) is 22.1. The summed E-state index contributed by atoms with van der Waals surface area (Å²) in [5, 5.41) is 3.77. The average Bonchev–Trinajstić information content (AvgIpc) is 2.99. The molecule has 1 heterocycles. The fraction of sp³-hybridized carbons (Fsp3) is 0.154. The maximum atomic E-state index is 13.5. The second kappa shape index (κ2) is 8.40. The first-order chi connectivity index (χ1) is 14.9. The molecule has 0 radical (unpaired) electrons. The quantitative estimate of drug-likeness (QED) is 0.511. The zero-order valence-electron chi connectivity index (χ0n) is 17.7. The van der Waals surface area contributed by atoms with Gasteiger partial charge in [-0.3, -0.25) is 9.59 Å². The summed E-state index contributed by atoms with van der Waals surface area (Å²) in [5.74, 6) is -0.728. The molecule has 31 heavy (non-hydrogen) atoms. The molecule has 0 saturated carbocycles. The standard InChI is InChI=1S/C26H23ClN2O2/c1-4-18-6-12-21(13-7-18)28-24-23(19-8-10-20(27)11-9-19)25(30)29(26(24)31)22-14-5-16(2)15-17(22)3/h5-15,28H,4H2,1-3H3. The van der Waals surface area contributed by atoms with Gasteiger partial charge >= 0.3 is 0 Å². The topological polar surface area (TPSA) is 49.4 Å². The molecule has 5 heteroatoms. The normalized spacial score (nSPS) is 13.9. The Morgan fingerprint density at radius 2 is 1.55 bits per heavy atom. The first-order valence-electron chi connectivity index (χ1n) is 10.2. The van der Waals surface area contributed by atoms with Gasteiger partial charge in [0.1, 0.15) is 5.70 Å². The van der Waals surface area contributed by atoms with Gasteiger partial charge in [-0.2, -0.15) is 0 Å². The number of carbonyl (C=O) groups excluding carboxylic acids is 2. The molecule has 4 nitrogen and oxygen atoms in total. The van der Waals surface area contributed by atoms with Crippen molar-refractivity contribution in [3.8, 4) is 0 Å². The van der Waals surface area contributed by atoms with E-state index in [1.165, 1.54) is 10.5 Å². The van der Waals surface area contributed by atoms with Gasteiger partial charge in [-0.1, -0.05) is 60.5 Å². The van der Waals surface area contributed by atoms with Crippen LogP contribution in [0.15, 0.2) is 72.4 Å². The molecular formula is C26H23ClN2O2. The number of aryl methyl sites for hydroxylation is 3. The number of anilines is 2. The molecule has 0 spiro atoms. The number of hydrogen-bond donors (Lipinski definition) is 1. The molecule has 0 aliphatic carbocycles. The molecule has 1 aliphatic heterocycles. The highest BCUT2D eigenvalue weighted by Gasteiger charge is 2.40. The average molecular weight is 431 g/mol. The molecule has 0 atom stereocenters. The third-order valence-electron chi connectivity index (χ3n) is 5.44. The molecule has 0 saturated heterocycles. The van der Waals surface area contributed by atoms with Crippen LogP contribution in [0.25, 0.3) is 5.57 Å². The molecule has 0 bridgehead atoms. The lowest BCUT2D eigenvalue weighted by molar-refractivity contribution is -0.120. The molecule has 3 aromatic carbocycles. The highest BCUT2D eigenvalue weighted by molar-refractivity contribution is 6.46. The minimum atomic E-state index is -0.374. The van der Waals surface area contributed by atoms with Gasteiger partial charge in [0.15, 0.2) is 0 Å². The summed E-state index contributed by atoms with van der Waals surface area (Å²) in [7, 11) is 0. The van der Waals surface area contributed by atoms with Gasteiger partial charge in [0.2, 0.25) is 0 Å². The van der Waals surface area contributed by atoms with Gasteiger partial charge in [0, 0.05) is 10.7 Å². The highest BCUT2D eigenvalue weighted by Crippen LogP contribution is 2.35. The number of amides is 2. The molecule has 4 rings (SSSR count). The predicted molar refractivity (Wildman–Crippen MR) is 126 cm³/mol. The van der Waals surface area contributed by atoms with Gasteiger partial charge in [0.05, 0.1) is 11.3 Å². The summed E-state index contributed by atoms with van der Waals surface area (Å²) in [4.78, 5) is 28.3. The Bertz CT molecular complexity index is 1200. The number of nitrogens with one attached hydrogen (secondary N) is 1. The molecule has 3 aromatic rings. The lowest BCUT2D eigenvalue weighted by Gasteiger charge is -2.18. The van der Waals surface area contributed by atoms with Crippen LogP contribution in [-0.2, 0) is 16.0 Å². The van der Waals surface area contributed by atoms with Crippen LogP contribution in [0.3, 0.4) is 0 Å². The maximum Gasteiger partial charge on any atom is 0.282 e. The minimum Gasteiger partial charge on any atom is -0.350 e. The number of imide groups is 1. The third kappa shape index (κ3) is 3.99.